The molecule has 2 saturated heterocycles. The van der Waals surface area contributed by atoms with Gasteiger partial charge in [0.15, 0.2) is 5.96 Å². The second-order valence-corrected chi connectivity index (χ2v) is 7.78. The van der Waals surface area contributed by atoms with E-state index in [1.807, 2.05) is 7.05 Å². The number of aromatic nitrogens is 2. The van der Waals surface area contributed by atoms with Crippen LogP contribution in [0.3, 0.4) is 0 Å². The number of aliphatic imine (C=N–C) groups is 1. The molecule has 0 radical (unpaired) electrons. The Bertz CT molecular complexity index is 558. The maximum Gasteiger partial charge on any atom is 0.205 e. The predicted molar refractivity (Wildman–Crippen MR) is 109 cm³/mol. The van der Waals surface area contributed by atoms with Gasteiger partial charge in [-0.2, -0.15) is 4.37 Å². The number of hydrogen-bond donors (Lipinski definition) is 1. The molecule has 2 aliphatic heterocycles. The van der Waals surface area contributed by atoms with E-state index < -0.39 is 0 Å². The van der Waals surface area contributed by atoms with Gasteiger partial charge in [-0.3, -0.25) is 4.99 Å². The Morgan fingerprint density at radius 3 is 2.42 bits per heavy atom. The Morgan fingerprint density at radius 1 is 1.08 bits per heavy atom. The normalized spacial score (nSPS) is 20.3. The van der Waals surface area contributed by atoms with E-state index in [1.54, 1.807) is 0 Å². The van der Waals surface area contributed by atoms with Gasteiger partial charge in [0, 0.05) is 64.3 Å². The Morgan fingerprint density at radius 2 is 1.81 bits per heavy atom. The lowest BCUT2D eigenvalue weighted by Crippen LogP contribution is -2.53. The number of rotatable bonds is 5. The molecule has 2 fully saturated rings. The maximum atomic E-state index is 4.61. The fourth-order valence-corrected chi connectivity index (χ4v) is 4.45. The van der Waals surface area contributed by atoms with Crippen molar-refractivity contribution in [1.82, 2.24) is 24.5 Å². The van der Waals surface area contributed by atoms with E-state index in [-0.39, 0.29) is 0 Å². The van der Waals surface area contributed by atoms with Crippen LogP contribution in [0.1, 0.15) is 38.4 Å². The van der Waals surface area contributed by atoms with E-state index in [9.17, 15) is 0 Å². The third kappa shape index (κ3) is 5.30. The molecule has 3 heterocycles. The molecule has 0 bridgehead atoms. The average Bonchev–Trinajstić information content (AvgIpc) is 3.02. The van der Waals surface area contributed by atoms with E-state index >= 15 is 0 Å². The zero-order chi connectivity index (χ0) is 18.2. The van der Waals surface area contributed by atoms with Gasteiger partial charge in [-0.05, 0) is 25.9 Å². The molecule has 0 atom stereocenters. The van der Waals surface area contributed by atoms with E-state index in [2.05, 4.69) is 41.3 Å². The van der Waals surface area contributed by atoms with Crippen molar-refractivity contribution in [3.63, 3.8) is 0 Å². The zero-order valence-electron chi connectivity index (χ0n) is 16.3. The van der Waals surface area contributed by atoms with Gasteiger partial charge in [-0.25, -0.2) is 4.98 Å². The van der Waals surface area contributed by atoms with E-state index in [0.29, 0.717) is 0 Å². The molecule has 2 aliphatic rings. The molecule has 0 amide bonds. The second kappa shape index (κ2) is 10.1. The van der Waals surface area contributed by atoms with E-state index in [0.717, 1.165) is 62.6 Å². The summed E-state index contributed by atoms with van der Waals surface area (Å²) in [7, 11) is 1.89. The lowest BCUT2D eigenvalue weighted by Gasteiger charge is -2.36. The lowest BCUT2D eigenvalue weighted by atomic mass is 10.2. The van der Waals surface area contributed by atoms with Gasteiger partial charge in [-0.1, -0.05) is 19.8 Å². The number of guanidine groups is 1. The molecule has 3 rings (SSSR count). The summed E-state index contributed by atoms with van der Waals surface area (Å²) >= 11 is 1.52. The van der Waals surface area contributed by atoms with Crippen molar-refractivity contribution in [2.75, 3.05) is 64.3 Å². The summed E-state index contributed by atoms with van der Waals surface area (Å²) in [4.78, 5) is 16.4. The number of likely N-dealkylation sites (tertiary alicyclic amines) is 1. The lowest BCUT2D eigenvalue weighted by molar-refractivity contribution is 0.286. The van der Waals surface area contributed by atoms with Gasteiger partial charge in [0.1, 0.15) is 5.82 Å². The van der Waals surface area contributed by atoms with Crippen LogP contribution in [0.4, 0.5) is 5.13 Å². The highest BCUT2D eigenvalue weighted by molar-refractivity contribution is 7.09. The molecule has 146 valence electrons. The van der Waals surface area contributed by atoms with E-state index in [1.165, 1.54) is 50.3 Å². The standard InChI is InChI=1S/C18H33N7S/c1-3-16-21-18(26-22-16)25-14-12-24(13-15-25)17(19-2)20-8-11-23-9-6-4-5-7-10-23/h3-15H2,1-2H3,(H,19,20). The molecule has 1 aromatic rings. The highest BCUT2D eigenvalue weighted by Gasteiger charge is 2.22. The number of piperazine rings is 1. The molecule has 0 aliphatic carbocycles. The molecule has 0 aromatic carbocycles. The molecule has 1 N–H and O–H groups in total. The second-order valence-electron chi connectivity index (χ2n) is 7.05. The molecule has 1 aromatic heterocycles. The minimum absolute atomic E-state index is 0.907. The summed E-state index contributed by atoms with van der Waals surface area (Å²) in [6.45, 7) is 10.6. The minimum Gasteiger partial charge on any atom is -0.355 e. The summed E-state index contributed by atoms with van der Waals surface area (Å²) in [6, 6.07) is 0. The van der Waals surface area contributed by atoms with Gasteiger partial charge >= 0.3 is 0 Å². The number of aryl methyl sites for hydroxylation is 1. The average molecular weight is 380 g/mol. The minimum atomic E-state index is 0.907. The first-order chi connectivity index (χ1) is 12.8. The van der Waals surface area contributed by atoms with Crippen LogP contribution in [-0.4, -0.2) is 84.5 Å². The molecule has 7 nitrogen and oxygen atoms in total. The number of nitrogens with zero attached hydrogens (tertiary/aromatic N) is 6. The quantitative estimate of drug-likeness (QED) is 0.620. The zero-order valence-corrected chi connectivity index (χ0v) is 17.1. The number of hydrogen-bond acceptors (Lipinski definition) is 6. The van der Waals surface area contributed by atoms with Crippen molar-refractivity contribution in [3.8, 4) is 0 Å². The number of nitrogens with one attached hydrogen (secondary N) is 1. The molecule has 8 heteroatoms. The van der Waals surface area contributed by atoms with Crippen LogP contribution < -0.4 is 10.2 Å². The third-order valence-electron chi connectivity index (χ3n) is 5.24. The first kappa shape index (κ1) is 19.4. The van der Waals surface area contributed by atoms with Gasteiger partial charge in [0.2, 0.25) is 5.13 Å². The summed E-state index contributed by atoms with van der Waals surface area (Å²) in [5, 5.41) is 4.63. The summed E-state index contributed by atoms with van der Waals surface area (Å²) in [6.07, 6.45) is 6.39. The highest BCUT2D eigenvalue weighted by Crippen LogP contribution is 2.19. The van der Waals surface area contributed by atoms with Crippen LogP contribution in [0, 0.1) is 0 Å². The fourth-order valence-electron chi connectivity index (χ4n) is 3.64. The summed E-state index contributed by atoms with van der Waals surface area (Å²) in [5.41, 5.74) is 0. The molecular weight excluding hydrogens is 346 g/mol. The summed E-state index contributed by atoms with van der Waals surface area (Å²) in [5.74, 6) is 1.99. The highest BCUT2D eigenvalue weighted by atomic mass is 32.1. The van der Waals surface area contributed by atoms with Crippen LogP contribution in [0.2, 0.25) is 0 Å². The van der Waals surface area contributed by atoms with Gasteiger partial charge in [-0.15, -0.1) is 0 Å². The van der Waals surface area contributed by atoms with Crippen molar-refractivity contribution in [3.05, 3.63) is 5.82 Å². The summed E-state index contributed by atoms with van der Waals surface area (Å²) < 4.78 is 4.41. The van der Waals surface area contributed by atoms with Crippen LogP contribution >= 0.6 is 11.5 Å². The SMILES string of the molecule is CCc1nsc(N2CCN(C(=NC)NCCN3CCCCCC3)CC2)n1. The van der Waals surface area contributed by atoms with Crippen LogP contribution in [0.15, 0.2) is 4.99 Å². The smallest absolute Gasteiger partial charge is 0.205 e. The van der Waals surface area contributed by atoms with Crippen LogP contribution in [0.25, 0.3) is 0 Å². The molecule has 26 heavy (non-hydrogen) atoms. The van der Waals surface area contributed by atoms with Crippen molar-refractivity contribution in [2.45, 2.75) is 39.0 Å². The largest absolute Gasteiger partial charge is 0.355 e. The van der Waals surface area contributed by atoms with Crippen molar-refractivity contribution >= 4 is 22.6 Å². The number of anilines is 1. The van der Waals surface area contributed by atoms with Crippen LogP contribution in [0.5, 0.6) is 0 Å². The first-order valence-electron chi connectivity index (χ1n) is 10.1. The molecular formula is C18H33N7S. The van der Waals surface area contributed by atoms with Gasteiger partial charge in [0.25, 0.3) is 0 Å². The first-order valence-corrected chi connectivity index (χ1v) is 10.8. The Labute approximate surface area is 161 Å². The van der Waals surface area contributed by atoms with Gasteiger partial charge in [0.05, 0.1) is 0 Å². The topological polar surface area (TPSA) is 59.9 Å². The van der Waals surface area contributed by atoms with E-state index in [4.69, 9.17) is 0 Å². The third-order valence-corrected chi connectivity index (χ3v) is 6.06. The predicted octanol–water partition coefficient (Wildman–Crippen LogP) is 1.67. The van der Waals surface area contributed by atoms with Gasteiger partial charge < -0.3 is 20.0 Å². The Kier molecular flexibility index (Phi) is 7.49. The van der Waals surface area contributed by atoms with Crippen molar-refractivity contribution < 1.29 is 0 Å². The molecule has 0 spiro atoms. The fraction of sp³-hybridized carbons (Fsp3) is 0.833. The van der Waals surface area contributed by atoms with Crippen molar-refractivity contribution in [1.29, 1.82) is 0 Å². The Balaban J connectivity index is 1.41. The maximum absolute atomic E-state index is 4.61. The van der Waals surface area contributed by atoms with Crippen LogP contribution in [-0.2, 0) is 6.42 Å². The molecule has 0 saturated carbocycles. The Hall–Kier alpha value is -1.41. The molecule has 0 unspecified atom stereocenters. The monoisotopic (exact) mass is 379 g/mol. The van der Waals surface area contributed by atoms with Crippen molar-refractivity contribution in [2.24, 2.45) is 4.99 Å².